The molecule has 2 aliphatic heterocycles. The van der Waals surface area contributed by atoms with Crippen molar-refractivity contribution in [2.45, 2.75) is 37.6 Å². The number of ether oxygens (including phenoxy) is 1. The number of rotatable bonds is 2. The normalized spacial score (nSPS) is 29.7. The van der Waals surface area contributed by atoms with E-state index in [1.54, 1.807) is 0 Å². The summed E-state index contributed by atoms with van der Waals surface area (Å²) in [6.45, 7) is 0. The minimum atomic E-state index is -4.36. The Bertz CT molecular complexity index is 492. The molecule has 0 N–H and O–H groups in total. The summed E-state index contributed by atoms with van der Waals surface area (Å²) >= 11 is 0. The third-order valence-corrected chi connectivity index (χ3v) is 3.94. The Morgan fingerprint density at radius 3 is 2.32 bits per heavy atom. The van der Waals surface area contributed by atoms with Crippen LogP contribution in [0.4, 0.5) is 13.2 Å². The van der Waals surface area contributed by atoms with Crippen LogP contribution in [0.25, 0.3) is 0 Å². The van der Waals surface area contributed by atoms with Crippen molar-refractivity contribution in [3.63, 3.8) is 0 Å². The molecule has 19 heavy (non-hydrogen) atoms. The van der Waals surface area contributed by atoms with Crippen LogP contribution >= 0.6 is 0 Å². The Kier molecular flexibility index (Phi) is 2.89. The smallest absolute Gasteiger partial charge is 0.374 e. The minimum absolute atomic E-state index is 0.0419. The van der Waals surface area contributed by atoms with Crippen LogP contribution in [-0.4, -0.2) is 18.0 Å². The molecule has 0 saturated carbocycles. The molecule has 2 saturated heterocycles. The summed E-state index contributed by atoms with van der Waals surface area (Å²) in [4.78, 5) is 12.2. The second-order valence-electron chi connectivity index (χ2n) is 5.16. The predicted octanol–water partition coefficient (Wildman–Crippen LogP) is 3.46. The fraction of sp³-hybridized carbons (Fsp3) is 0.500. The summed E-state index contributed by atoms with van der Waals surface area (Å²) in [7, 11) is 0. The molecule has 2 aliphatic rings. The van der Waals surface area contributed by atoms with Gasteiger partial charge < -0.3 is 4.74 Å². The van der Waals surface area contributed by atoms with Gasteiger partial charge in [0.1, 0.15) is 0 Å². The highest BCUT2D eigenvalue weighted by molar-refractivity contribution is 5.98. The summed E-state index contributed by atoms with van der Waals surface area (Å²) < 4.78 is 42.9. The van der Waals surface area contributed by atoms with E-state index in [1.165, 1.54) is 12.1 Å². The molecule has 102 valence electrons. The third kappa shape index (κ3) is 2.27. The average Bonchev–Trinajstić information content (AvgIpc) is 2.99. The summed E-state index contributed by atoms with van der Waals surface area (Å²) in [5.41, 5.74) is -0.387. The van der Waals surface area contributed by atoms with Crippen molar-refractivity contribution in [1.29, 1.82) is 0 Å². The van der Waals surface area contributed by atoms with E-state index in [0.717, 1.165) is 25.0 Å². The largest absolute Gasteiger partial charge is 0.416 e. The van der Waals surface area contributed by atoms with E-state index in [0.29, 0.717) is 12.0 Å². The van der Waals surface area contributed by atoms with Gasteiger partial charge in [0.15, 0.2) is 5.78 Å². The second kappa shape index (κ2) is 4.34. The van der Waals surface area contributed by atoms with E-state index in [-0.39, 0.29) is 23.9 Å². The molecule has 2 bridgehead atoms. The molecule has 0 aliphatic carbocycles. The highest BCUT2D eigenvalue weighted by atomic mass is 19.4. The van der Waals surface area contributed by atoms with Crippen LogP contribution in [0.5, 0.6) is 0 Å². The number of carbonyl (C=O) groups excluding carboxylic acids is 1. The maximum absolute atomic E-state index is 12.4. The molecule has 3 atom stereocenters. The van der Waals surface area contributed by atoms with Crippen LogP contribution in [-0.2, 0) is 10.9 Å². The summed E-state index contributed by atoms with van der Waals surface area (Å²) in [6, 6.07) is 4.44. The maximum atomic E-state index is 12.4. The van der Waals surface area contributed by atoms with Crippen LogP contribution < -0.4 is 0 Å². The molecule has 0 spiro atoms. The number of Topliss-reactive ketones (excluding diaryl/α,β-unsaturated/α-hetero) is 1. The van der Waals surface area contributed by atoms with Crippen LogP contribution in [0.15, 0.2) is 24.3 Å². The van der Waals surface area contributed by atoms with Crippen molar-refractivity contribution in [2.75, 3.05) is 0 Å². The number of carbonyl (C=O) groups is 1. The number of halogens is 3. The summed E-state index contributed by atoms with van der Waals surface area (Å²) in [5, 5.41) is 0. The molecular weight excluding hydrogens is 257 g/mol. The Labute approximate surface area is 108 Å². The first-order valence-corrected chi connectivity index (χ1v) is 6.32. The molecule has 0 aromatic heterocycles. The quantitative estimate of drug-likeness (QED) is 0.769. The predicted molar refractivity (Wildman–Crippen MR) is 61.8 cm³/mol. The lowest BCUT2D eigenvalue weighted by Gasteiger charge is -2.17. The van der Waals surface area contributed by atoms with Crippen molar-refractivity contribution in [3.05, 3.63) is 35.4 Å². The molecule has 5 heteroatoms. The van der Waals surface area contributed by atoms with Crippen LogP contribution in [0.3, 0.4) is 0 Å². The van der Waals surface area contributed by atoms with E-state index in [1.807, 2.05) is 0 Å². The zero-order valence-corrected chi connectivity index (χ0v) is 10.1. The zero-order valence-electron chi connectivity index (χ0n) is 10.1. The SMILES string of the molecule is O=C(c1ccc(C(F)(F)F)cc1)C1CC2CCC1O2. The van der Waals surface area contributed by atoms with Gasteiger partial charge in [0, 0.05) is 5.56 Å². The Morgan fingerprint density at radius 1 is 1.16 bits per heavy atom. The van der Waals surface area contributed by atoms with Crippen molar-refractivity contribution in [3.8, 4) is 0 Å². The minimum Gasteiger partial charge on any atom is -0.374 e. The number of fused-ring (bicyclic) bond motifs is 2. The lowest BCUT2D eigenvalue weighted by molar-refractivity contribution is -0.137. The number of hydrogen-bond donors (Lipinski definition) is 0. The highest BCUT2D eigenvalue weighted by Gasteiger charge is 2.44. The topological polar surface area (TPSA) is 26.3 Å². The van der Waals surface area contributed by atoms with Crippen LogP contribution in [0.2, 0.25) is 0 Å². The Morgan fingerprint density at radius 2 is 1.84 bits per heavy atom. The molecule has 3 unspecified atom stereocenters. The Hall–Kier alpha value is -1.36. The Balaban J connectivity index is 1.77. The van der Waals surface area contributed by atoms with E-state index >= 15 is 0 Å². The standard InChI is InChI=1S/C14H13F3O2/c15-14(16,17)9-3-1-8(2-4-9)13(18)11-7-10-5-6-12(11)19-10/h1-4,10-12H,5-7H2. The molecular formula is C14H13F3O2. The van der Waals surface area contributed by atoms with Crippen LogP contribution in [0, 0.1) is 5.92 Å². The highest BCUT2D eigenvalue weighted by Crippen LogP contribution is 2.40. The van der Waals surface area contributed by atoms with Crippen LogP contribution in [0.1, 0.15) is 35.2 Å². The zero-order chi connectivity index (χ0) is 13.6. The maximum Gasteiger partial charge on any atom is 0.416 e. The summed E-state index contributed by atoms with van der Waals surface area (Å²) in [6.07, 6.45) is -1.68. The van der Waals surface area contributed by atoms with Gasteiger partial charge >= 0.3 is 6.18 Å². The molecule has 2 nitrogen and oxygen atoms in total. The lowest BCUT2D eigenvalue weighted by atomic mass is 9.83. The van der Waals surface area contributed by atoms with E-state index < -0.39 is 11.7 Å². The fourth-order valence-corrected chi connectivity index (χ4v) is 2.95. The van der Waals surface area contributed by atoms with Gasteiger partial charge in [-0.25, -0.2) is 0 Å². The second-order valence-corrected chi connectivity index (χ2v) is 5.16. The number of benzene rings is 1. The molecule has 1 aromatic carbocycles. The molecule has 0 amide bonds. The van der Waals surface area contributed by atoms with Gasteiger partial charge in [0.2, 0.25) is 0 Å². The first kappa shape index (κ1) is 12.7. The van der Waals surface area contributed by atoms with Crippen molar-refractivity contribution in [2.24, 2.45) is 5.92 Å². The third-order valence-electron chi connectivity index (χ3n) is 3.94. The fourth-order valence-electron chi connectivity index (χ4n) is 2.95. The van der Waals surface area contributed by atoms with Gasteiger partial charge in [-0.2, -0.15) is 13.2 Å². The average molecular weight is 270 g/mol. The van der Waals surface area contributed by atoms with Crippen molar-refractivity contribution >= 4 is 5.78 Å². The monoisotopic (exact) mass is 270 g/mol. The van der Waals surface area contributed by atoms with E-state index in [4.69, 9.17) is 4.74 Å². The van der Waals surface area contributed by atoms with Gasteiger partial charge in [0.05, 0.1) is 23.7 Å². The first-order valence-electron chi connectivity index (χ1n) is 6.32. The first-order chi connectivity index (χ1) is 8.95. The van der Waals surface area contributed by atoms with Crippen molar-refractivity contribution in [1.82, 2.24) is 0 Å². The molecule has 2 fully saturated rings. The van der Waals surface area contributed by atoms with Gasteiger partial charge in [-0.3, -0.25) is 4.79 Å². The molecule has 3 rings (SSSR count). The van der Waals surface area contributed by atoms with Gasteiger partial charge in [-0.05, 0) is 31.4 Å². The van der Waals surface area contributed by atoms with Gasteiger partial charge in [-0.15, -0.1) is 0 Å². The summed E-state index contributed by atoms with van der Waals surface area (Å²) in [5.74, 6) is -0.281. The molecule has 1 aromatic rings. The number of ketones is 1. The number of alkyl halides is 3. The van der Waals surface area contributed by atoms with Gasteiger partial charge in [-0.1, -0.05) is 12.1 Å². The lowest BCUT2D eigenvalue weighted by Crippen LogP contribution is -2.25. The molecule has 2 heterocycles. The van der Waals surface area contributed by atoms with Gasteiger partial charge in [0.25, 0.3) is 0 Å². The molecule has 0 radical (unpaired) electrons. The van der Waals surface area contributed by atoms with E-state index in [9.17, 15) is 18.0 Å². The number of hydrogen-bond acceptors (Lipinski definition) is 2. The van der Waals surface area contributed by atoms with E-state index in [2.05, 4.69) is 0 Å². The van der Waals surface area contributed by atoms with Crippen molar-refractivity contribution < 1.29 is 22.7 Å².